The molecule has 0 saturated heterocycles. The number of nitrogens with zero attached hydrogens (tertiary/aromatic N) is 3. The van der Waals surface area contributed by atoms with E-state index in [0.29, 0.717) is 5.39 Å². The van der Waals surface area contributed by atoms with Gasteiger partial charge in [0, 0.05) is 16.2 Å². The third-order valence-corrected chi connectivity index (χ3v) is 9.73. The molecule has 4 aromatic heterocycles. The summed E-state index contributed by atoms with van der Waals surface area (Å²) >= 11 is 0. The molecule has 0 bridgehead atoms. The predicted octanol–water partition coefficient (Wildman–Crippen LogP) is 5.22. The number of aryl methyl sites for hydroxylation is 2. The van der Waals surface area contributed by atoms with Crippen LogP contribution in [0, 0.1) is 13.8 Å². The number of para-hydroxylation sites is 3. The van der Waals surface area contributed by atoms with Crippen LogP contribution in [0.15, 0.2) is 82.0 Å². The summed E-state index contributed by atoms with van der Waals surface area (Å²) in [4.78, 5) is 19.8. The molecule has 2 aliphatic rings. The number of hydrogen-bond donors (Lipinski definition) is 0. The number of aromatic nitrogens is 3. The summed E-state index contributed by atoms with van der Waals surface area (Å²) < 4.78 is 11.2. The summed E-state index contributed by atoms with van der Waals surface area (Å²) in [6.45, 7) is 4.26. The molecule has 6 heteroatoms. The zero-order valence-corrected chi connectivity index (χ0v) is 21.7. The Labute approximate surface area is 225 Å². The highest BCUT2D eigenvalue weighted by Crippen LogP contribution is 2.41. The van der Waals surface area contributed by atoms with E-state index in [-0.39, 0.29) is 12.1 Å². The van der Waals surface area contributed by atoms with E-state index in [4.69, 9.17) is 9.40 Å². The van der Waals surface area contributed by atoms with Crippen molar-refractivity contribution in [3.8, 4) is 0 Å². The molecule has 0 unspecified atom stereocenters. The number of fused-ring (bicyclic) bond motifs is 5. The Hall–Kier alpha value is -5.10. The molecule has 0 N–H and O–H groups in total. The van der Waals surface area contributed by atoms with Crippen molar-refractivity contribution in [1.82, 2.24) is 13.8 Å². The Morgan fingerprint density at radius 1 is 0.675 bits per heavy atom. The Morgan fingerprint density at radius 2 is 1.38 bits per heavy atom. The number of imidazole rings is 1. The number of benzene rings is 5. The molecular formula is C34H18BN3O2. The molecule has 0 fully saturated rings. The van der Waals surface area contributed by atoms with Gasteiger partial charge in [-0.15, -0.1) is 0 Å². The van der Waals surface area contributed by atoms with Crippen molar-refractivity contribution in [2.75, 3.05) is 0 Å². The van der Waals surface area contributed by atoms with E-state index < -0.39 is 0 Å². The van der Waals surface area contributed by atoms with Crippen molar-refractivity contribution in [2.45, 2.75) is 13.8 Å². The third kappa shape index (κ3) is 1.84. The lowest BCUT2D eigenvalue weighted by molar-refractivity contribution is 0.656. The molecule has 2 aliphatic heterocycles. The molecule has 0 atom stereocenters. The molecule has 6 heterocycles. The number of pyridine rings is 2. The van der Waals surface area contributed by atoms with Gasteiger partial charge >= 0.3 is 0 Å². The van der Waals surface area contributed by atoms with Crippen LogP contribution in [0.2, 0.25) is 0 Å². The minimum Gasteiger partial charge on any atom is -0.453 e. The van der Waals surface area contributed by atoms with E-state index >= 15 is 0 Å². The van der Waals surface area contributed by atoms with Crippen LogP contribution in [0.25, 0.3) is 76.8 Å². The van der Waals surface area contributed by atoms with E-state index in [2.05, 4.69) is 71.2 Å². The van der Waals surface area contributed by atoms with Gasteiger partial charge in [-0.25, -0.2) is 4.98 Å². The van der Waals surface area contributed by atoms with E-state index in [0.717, 1.165) is 71.5 Å². The second-order valence-corrected chi connectivity index (χ2v) is 11.5. The highest BCUT2D eigenvalue weighted by Gasteiger charge is 2.40. The van der Waals surface area contributed by atoms with Crippen molar-refractivity contribution in [2.24, 2.45) is 0 Å². The van der Waals surface area contributed by atoms with Crippen molar-refractivity contribution >= 4 is 99.9 Å². The minimum absolute atomic E-state index is 0.0374. The summed E-state index contributed by atoms with van der Waals surface area (Å²) in [5, 5.41) is 4.96. The Kier molecular flexibility index (Phi) is 3.01. The molecule has 9 aromatic rings. The smallest absolute Gasteiger partial charge is 0.252 e. The lowest BCUT2D eigenvalue weighted by atomic mass is 9.34. The SMILES string of the molecule is Cc1cccc2c1c1nc3cccc4c3n1c1c3c5c(c(C)c21)c(=O)c1cccc2oc6cccc(c6n5c21)B43. The van der Waals surface area contributed by atoms with Gasteiger partial charge in [0.15, 0.2) is 16.6 Å². The molecule has 0 aliphatic carbocycles. The van der Waals surface area contributed by atoms with Gasteiger partial charge in [0.2, 0.25) is 0 Å². The summed E-state index contributed by atoms with van der Waals surface area (Å²) in [6.07, 6.45) is 0. The molecule has 5 nitrogen and oxygen atoms in total. The maximum absolute atomic E-state index is 14.5. The van der Waals surface area contributed by atoms with Gasteiger partial charge in [0.25, 0.3) is 6.71 Å². The normalized spacial score (nSPS) is 13.8. The van der Waals surface area contributed by atoms with Crippen LogP contribution in [0.5, 0.6) is 0 Å². The highest BCUT2D eigenvalue weighted by molar-refractivity contribution is 7.01. The van der Waals surface area contributed by atoms with Gasteiger partial charge in [-0.1, -0.05) is 48.5 Å². The van der Waals surface area contributed by atoms with Gasteiger partial charge in [0.1, 0.15) is 11.2 Å². The maximum Gasteiger partial charge on any atom is 0.252 e. The highest BCUT2D eigenvalue weighted by atomic mass is 16.3. The molecule has 0 saturated carbocycles. The largest absolute Gasteiger partial charge is 0.453 e. The monoisotopic (exact) mass is 511 g/mol. The van der Waals surface area contributed by atoms with E-state index in [1.807, 2.05) is 24.3 Å². The van der Waals surface area contributed by atoms with Crippen LogP contribution in [0.4, 0.5) is 0 Å². The minimum atomic E-state index is -0.0374. The fraction of sp³-hybridized carbons (Fsp3) is 0.0588. The first-order chi connectivity index (χ1) is 19.6. The molecular weight excluding hydrogens is 493 g/mol. The molecule has 0 amide bonds. The lowest BCUT2D eigenvalue weighted by Crippen LogP contribution is -2.57. The van der Waals surface area contributed by atoms with Crippen molar-refractivity contribution < 1.29 is 4.42 Å². The molecule has 0 radical (unpaired) electrons. The van der Waals surface area contributed by atoms with Crippen LogP contribution >= 0.6 is 0 Å². The topological polar surface area (TPSA) is 51.9 Å². The predicted molar refractivity (Wildman–Crippen MR) is 164 cm³/mol. The quantitative estimate of drug-likeness (QED) is 0.159. The first kappa shape index (κ1) is 19.9. The average Bonchev–Trinajstić information content (AvgIpc) is 3.36. The Balaban J connectivity index is 1.65. The molecule has 5 aromatic carbocycles. The van der Waals surface area contributed by atoms with Gasteiger partial charge in [0.05, 0.1) is 33.0 Å². The second kappa shape index (κ2) is 6.05. The average molecular weight is 511 g/mol. The first-order valence-corrected chi connectivity index (χ1v) is 13.7. The molecule has 0 spiro atoms. The van der Waals surface area contributed by atoms with Crippen LogP contribution in [-0.4, -0.2) is 20.5 Å². The van der Waals surface area contributed by atoms with Gasteiger partial charge in [-0.3, -0.25) is 9.20 Å². The molecule has 40 heavy (non-hydrogen) atoms. The van der Waals surface area contributed by atoms with Gasteiger partial charge < -0.3 is 8.82 Å². The van der Waals surface area contributed by atoms with Gasteiger partial charge in [-0.2, -0.15) is 0 Å². The third-order valence-electron chi connectivity index (χ3n) is 9.73. The Bertz CT molecular complexity index is 2820. The maximum atomic E-state index is 14.5. The van der Waals surface area contributed by atoms with Crippen LogP contribution in [0.3, 0.4) is 0 Å². The second-order valence-electron chi connectivity index (χ2n) is 11.5. The fourth-order valence-electron chi connectivity index (χ4n) is 8.33. The van der Waals surface area contributed by atoms with E-state index in [9.17, 15) is 4.79 Å². The number of hydrogen-bond acceptors (Lipinski definition) is 3. The summed E-state index contributed by atoms with van der Waals surface area (Å²) in [6, 6.07) is 25.2. The summed E-state index contributed by atoms with van der Waals surface area (Å²) in [5.41, 5.74) is 14.7. The van der Waals surface area contributed by atoms with Crippen molar-refractivity contribution in [3.63, 3.8) is 0 Å². The van der Waals surface area contributed by atoms with E-state index in [1.54, 1.807) is 0 Å². The van der Waals surface area contributed by atoms with Crippen molar-refractivity contribution in [1.29, 1.82) is 0 Å². The first-order valence-electron chi connectivity index (χ1n) is 13.7. The van der Waals surface area contributed by atoms with Crippen LogP contribution in [-0.2, 0) is 0 Å². The van der Waals surface area contributed by atoms with Gasteiger partial charge in [-0.05, 0) is 71.0 Å². The van der Waals surface area contributed by atoms with Crippen LogP contribution in [0.1, 0.15) is 11.1 Å². The molecule has 11 rings (SSSR count). The zero-order valence-electron chi connectivity index (χ0n) is 21.7. The Morgan fingerprint density at radius 3 is 2.25 bits per heavy atom. The van der Waals surface area contributed by atoms with Crippen LogP contribution < -0.4 is 21.8 Å². The lowest BCUT2D eigenvalue weighted by Gasteiger charge is -2.32. The van der Waals surface area contributed by atoms with E-state index in [1.165, 1.54) is 27.5 Å². The number of rotatable bonds is 0. The zero-order chi connectivity index (χ0) is 26.2. The summed E-state index contributed by atoms with van der Waals surface area (Å²) in [5.74, 6) is 0. The van der Waals surface area contributed by atoms with Crippen molar-refractivity contribution in [3.05, 3.63) is 94.1 Å². The summed E-state index contributed by atoms with van der Waals surface area (Å²) in [7, 11) is 0. The fourth-order valence-corrected chi connectivity index (χ4v) is 8.33. The standard InChI is InChI=1S/C34H18BN3O2/c1-15-7-3-8-17-24(15)34-36-21-12-5-10-19-29(21)38(34)31-25(17)16(2)26-32-27(31)35(19)20-11-6-14-23-30(20)37(32)28-18(33(26)39)9-4-13-22(28)40-23/h3-14H,1-2H3. The molecule has 184 valence electrons.